The SMILES string of the molecule is COC(=O)C1(COCCOCCOCCOCCOCCOCCOCCOCCOCCOCCOCCOCCOCCOCCOCCOCCOCCOCCOCCOCCN=[N+]=N)CCCC1. The summed E-state index contributed by atoms with van der Waals surface area (Å²) >= 11 is 0. The Labute approximate surface area is 434 Å². The molecule has 0 radical (unpaired) electrons. The quantitative estimate of drug-likeness (QED) is 0.0393. The van der Waals surface area contributed by atoms with Crippen molar-refractivity contribution in [2.75, 3.05) is 278 Å². The Morgan fingerprint density at radius 3 is 0.685 bits per heavy atom. The Morgan fingerprint density at radius 1 is 0.329 bits per heavy atom. The van der Waals surface area contributed by atoms with Crippen LogP contribution in [0, 0.1) is 10.9 Å². The minimum Gasteiger partial charge on any atom is -0.469 e. The molecular weight excluding hydrogens is 971 g/mol. The standard InChI is InChI=1S/C48H94N3O22/c1-53-47(52)48(4-2-3-5-48)46-73-45-44-72-43-42-71-41-40-70-39-38-69-37-36-68-35-34-67-33-32-66-31-30-65-29-28-64-27-26-63-25-24-62-23-22-61-21-20-60-19-18-59-17-16-58-15-14-57-13-12-56-11-10-55-9-8-54-7-6-50-51-49/h49H,2-46H2,1H3/q+1. The molecule has 0 aromatic carbocycles. The molecule has 0 bridgehead atoms. The van der Waals surface area contributed by atoms with Gasteiger partial charge in [-0.2, -0.15) is 0 Å². The van der Waals surface area contributed by atoms with Gasteiger partial charge in [-0.3, -0.25) is 4.79 Å². The highest BCUT2D eigenvalue weighted by Gasteiger charge is 2.42. The minimum absolute atomic E-state index is 0.171. The highest BCUT2D eigenvalue weighted by molar-refractivity contribution is 5.77. The Morgan fingerprint density at radius 2 is 0.507 bits per heavy atom. The third-order valence-corrected chi connectivity index (χ3v) is 10.0. The van der Waals surface area contributed by atoms with Crippen LogP contribution in [0.5, 0.6) is 0 Å². The third kappa shape index (κ3) is 50.6. The van der Waals surface area contributed by atoms with Crippen molar-refractivity contribution < 1.29 is 104 Å². The van der Waals surface area contributed by atoms with Crippen LogP contribution in [0.3, 0.4) is 0 Å². The maximum atomic E-state index is 12.1. The summed E-state index contributed by atoms with van der Waals surface area (Å²) in [4.78, 5) is 15.0. The molecular formula is C48H94N3O22+. The molecule has 0 heterocycles. The second kappa shape index (κ2) is 59.2. The molecule has 1 rings (SSSR count). The second-order valence-electron chi connectivity index (χ2n) is 15.6. The zero-order valence-corrected chi connectivity index (χ0v) is 44.2. The summed E-state index contributed by atoms with van der Waals surface area (Å²) in [7, 11) is 1.43. The Bertz CT molecular complexity index is 1160. The fourth-order valence-corrected chi connectivity index (χ4v) is 6.28. The molecule has 1 aliphatic rings. The molecule has 25 nitrogen and oxygen atoms in total. The van der Waals surface area contributed by atoms with E-state index in [2.05, 4.69) is 10.0 Å². The fourth-order valence-electron chi connectivity index (χ4n) is 6.28. The smallest absolute Gasteiger partial charge is 0.314 e. The summed E-state index contributed by atoms with van der Waals surface area (Å²) in [6.07, 6.45) is 3.71. The summed E-state index contributed by atoms with van der Waals surface area (Å²) in [6.45, 7) is 19.5. The van der Waals surface area contributed by atoms with E-state index in [-0.39, 0.29) is 5.97 Å². The van der Waals surface area contributed by atoms with E-state index in [1.54, 1.807) is 0 Å². The summed E-state index contributed by atoms with van der Waals surface area (Å²) in [6, 6.07) is 0. The van der Waals surface area contributed by atoms with Crippen molar-refractivity contribution in [2.45, 2.75) is 25.7 Å². The Hall–Kier alpha value is -2.02. The van der Waals surface area contributed by atoms with Crippen LogP contribution >= 0.6 is 0 Å². The van der Waals surface area contributed by atoms with E-state index in [1.165, 1.54) is 7.11 Å². The molecule has 0 aromatic rings. The lowest BCUT2D eigenvalue weighted by atomic mass is 9.87. The van der Waals surface area contributed by atoms with E-state index in [1.807, 2.05) is 0 Å². The topological polar surface area (TPSA) is 261 Å². The van der Waals surface area contributed by atoms with Gasteiger partial charge < -0.3 is 99.5 Å². The lowest BCUT2D eigenvalue weighted by Gasteiger charge is -2.25. The molecule has 1 fully saturated rings. The van der Waals surface area contributed by atoms with Crippen molar-refractivity contribution in [1.82, 2.24) is 4.91 Å². The van der Waals surface area contributed by atoms with Gasteiger partial charge >= 0.3 is 5.97 Å². The minimum atomic E-state index is -0.484. The largest absolute Gasteiger partial charge is 0.469 e. The maximum absolute atomic E-state index is 12.1. The summed E-state index contributed by atoms with van der Waals surface area (Å²) in [5, 5.41) is 3.49. The van der Waals surface area contributed by atoms with E-state index in [4.69, 9.17) is 105 Å². The molecule has 0 aliphatic heterocycles. The second-order valence-corrected chi connectivity index (χ2v) is 15.6. The molecule has 0 aromatic heterocycles. The molecule has 0 atom stereocenters. The molecule has 1 aliphatic carbocycles. The number of esters is 1. The van der Waals surface area contributed by atoms with Gasteiger partial charge in [0, 0.05) is 0 Å². The predicted molar refractivity (Wildman–Crippen MR) is 261 cm³/mol. The molecule has 25 heteroatoms. The summed E-state index contributed by atoms with van der Waals surface area (Å²) in [5.74, 6) is -0.171. The van der Waals surface area contributed by atoms with Crippen LogP contribution in [-0.2, 0) is 104 Å². The molecule has 0 saturated heterocycles. The number of nitrogens with zero attached hydrogens (tertiary/aromatic N) is 2. The molecule has 0 amide bonds. The number of methoxy groups -OCH3 is 1. The highest BCUT2D eigenvalue weighted by atomic mass is 16.6. The first-order valence-electron chi connectivity index (χ1n) is 25.9. The van der Waals surface area contributed by atoms with Crippen molar-refractivity contribution in [1.29, 1.82) is 5.53 Å². The number of ether oxygens (including phenoxy) is 21. The first kappa shape index (κ1) is 69.0. The van der Waals surface area contributed by atoms with Crippen LogP contribution < -0.4 is 4.91 Å². The van der Waals surface area contributed by atoms with E-state index in [0.29, 0.717) is 271 Å². The zero-order chi connectivity index (χ0) is 52.2. The van der Waals surface area contributed by atoms with E-state index >= 15 is 0 Å². The zero-order valence-electron chi connectivity index (χ0n) is 44.2. The van der Waals surface area contributed by atoms with Gasteiger partial charge in [-0.05, 0) is 12.8 Å². The van der Waals surface area contributed by atoms with E-state index in [0.717, 1.165) is 25.7 Å². The van der Waals surface area contributed by atoms with Crippen LogP contribution in [0.4, 0.5) is 0 Å². The van der Waals surface area contributed by atoms with Crippen LogP contribution in [0.15, 0.2) is 5.11 Å². The summed E-state index contributed by atoms with van der Waals surface area (Å²) in [5.41, 5.74) is 6.05. The van der Waals surface area contributed by atoms with Crippen molar-refractivity contribution in [2.24, 2.45) is 10.5 Å². The molecule has 432 valence electrons. The maximum Gasteiger partial charge on any atom is 0.314 e. The van der Waals surface area contributed by atoms with Crippen LogP contribution in [0.25, 0.3) is 0 Å². The lowest BCUT2D eigenvalue weighted by Crippen LogP contribution is -2.34. The molecule has 73 heavy (non-hydrogen) atoms. The lowest BCUT2D eigenvalue weighted by molar-refractivity contribution is -0.156. The monoisotopic (exact) mass is 1060 g/mol. The van der Waals surface area contributed by atoms with Gasteiger partial charge in [-0.15, -0.1) is 0 Å². The van der Waals surface area contributed by atoms with Crippen molar-refractivity contribution in [3.63, 3.8) is 0 Å². The van der Waals surface area contributed by atoms with E-state index < -0.39 is 5.41 Å². The van der Waals surface area contributed by atoms with Crippen LogP contribution in [0.2, 0.25) is 0 Å². The van der Waals surface area contributed by atoms with E-state index in [9.17, 15) is 4.79 Å². The van der Waals surface area contributed by atoms with Crippen molar-refractivity contribution in [3.05, 3.63) is 0 Å². The van der Waals surface area contributed by atoms with Gasteiger partial charge in [0.05, 0.1) is 277 Å². The van der Waals surface area contributed by atoms with Gasteiger partial charge in [-0.25, -0.2) is 0 Å². The fraction of sp³-hybridized carbons (Fsp3) is 0.979. The number of hydrogen-bond donors (Lipinski definition) is 1. The first-order valence-corrected chi connectivity index (χ1v) is 25.9. The Balaban J connectivity index is 1.61. The molecule has 1 N–H and O–H groups in total. The number of carbonyl (C=O) groups is 1. The van der Waals surface area contributed by atoms with Crippen molar-refractivity contribution >= 4 is 5.97 Å². The molecule has 0 spiro atoms. The predicted octanol–water partition coefficient (Wildman–Crippen LogP) is 1.60. The molecule has 0 unspecified atom stereocenters. The van der Waals surface area contributed by atoms with Gasteiger partial charge in [0.2, 0.25) is 4.91 Å². The van der Waals surface area contributed by atoms with Gasteiger partial charge in [0.25, 0.3) is 0 Å². The number of nitrogens with one attached hydrogen (secondary N) is 1. The average Bonchev–Trinajstić information content (AvgIpc) is 3.90. The molecule has 1 saturated carbocycles. The van der Waals surface area contributed by atoms with Gasteiger partial charge in [0.15, 0.2) is 0 Å². The van der Waals surface area contributed by atoms with Crippen LogP contribution in [0.1, 0.15) is 25.7 Å². The Kier molecular flexibility index (Phi) is 56.0. The highest BCUT2D eigenvalue weighted by Crippen LogP contribution is 2.39. The first-order chi connectivity index (χ1) is 36.2. The average molecular weight is 1070 g/mol. The van der Waals surface area contributed by atoms with Gasteiger partial charge in [-0.1, -0.05) is 12.8 Å². The number of carbonyl (C=O) groups excluding carboxylic acids is 1. The summed E-state index contributed by atoms with van der Waals surface area (Å²) < 4.78 is 115. The van der Waals surface area contributed by atoms with Crippen LogP contribution in [-0.4, -0.2) is 284 Å². The number of rotatable bonds is 63. The number of hydrogen-bond acceptors (Lipinski definition) is 24. The van der Waals surface area contributed by atoms with Gasteiger partial charge in [0.1, 0.15) is 17.2 Å². The van der Waals surface area contributed by atoms with Crippen molar-refractivity contribution in [3.8, 4) is 0 Å². The normalized spacial score (nSPS) is 13.3. The third-order valence-electron chi connectivity index (χ3n) is 10.0.